The molecular formula is C17H32N4O6S. The Labute approximate surface area is 169 Å². The van der Waals surface area contributed by atoms with Crippen molar-refractivity contribution in [3.63, 3.8) is 0 Å². The highest BCUT2D eigenvalue weighted by Gasteiger charge is 2.31. The first kappa shape index (κ1) is 26.1. The Morgan fingerprint density at radius 3 is 2.00 bits per heavy atom. The molecule has 7 N–H and O–H groups in total. The van der Waals surface area contributed by atoms with Crippen molar-refractivity contribution in [1.29, 1.82) is 0 Å². The first-order valence-electron chi connectivity index (χ1n) is 9.08. The summed E-state index contributed by atoms with van der Waals surface area (Å²) < 4.78 is 0. The summed E-state index contributed by atoms with van der Waals surface area (Å²) in [5.74, 6) is -2.93. The van der Waals surface area contributed by atoms with Crippen LogP contribution in [-0.2, 0) is 19.2 Å². The first-order valence-corrected chi connectivity index (χ1v) is 10.5. The maximum atomic E-state index is 12.6. The third kappa shape index (κ3) is 8.89. The third-order valence-corrected chi connectivity index (χ3v) is 4.89. The van der Waals surface area contributed by atoms with E-state index in [-0.39, 0.29) is 12.3 Å². The molecule has 3 amide bonds. The van der Waals surface area contributed by atoms with Crippen molar-refractivity contribution in [1.82, 2.24) is 16.0 Å². The SMILES string of the molecule is CCC(C)C(NC(=O)C(C)N)C(=O)NC(CO)C(=O)NC(CCSC)C(=O)O. The molecule has 5 unspecified atom stereocenters. The van der Waals surface area contributed by atoms with Crippen molar-refractivity contribution < 1.29 is 29.4 Å². The fraction of sp³-hybridized carbons (Fsp3) is 0.765. The summed E-state index contributed by atoms with van der Waals surface area (Å²) in [6, 6.07) is -4.24. The molecule has 0 aliphatic rings. The topological polar surface area (TPSA) is 171 Å². The van der Waals surface area contributed by atoms with Gasteiger partial charge in [0.15, 0.2) is 0 Å². The van der Waals surface area contributed by atoms with Gasteiger partial charge >= 0.3 is 5.97 Å². The van der Waals surface area contributed by atoms with Gasteiger partial charge in [-0.1, -0.05) is 20.3 Å². The van der Waals surface area contributed by atoms with E-state index in [9.17, 15) is 29.4 Å². The molecule has 0 saturated heterocycles. The van der Waals surface area contributed by atoms with Crippen LogP contribution >= 0.6 is 11.8 Å². The largest absolute Gasteiger partial charge is 0.480 e. The van der Waals surface area contributed by atoms with Gasteiger partial charge in [-0.3, -0.25) is 14.4 Å². The molecule has 0 aromatic heterocycles. The Morgan fingerprint density at radius 2 is 1.57 bits per heavy atom. The van der Waals surface area contributed by atoms with Crippen LogP contribution in [0.2, 0.25) is 0 Å². The number of rotatable bonds is 13. The number of carbonyl (C=O) groups excluding carboxylic acids is 3. The molecule has 5 atom stereocenters. The molecule has 10 nitrogen and oxygen atoms in total. The summed E-state index contributed by atoms with van der Waals surface area (Å²) in [7, 11) is 0. The van der Waals surface area contributed by atoms with Crippen LogP contribution in [0.15, 0.2) is 0 Å². The first-order chi connectivity index (χ1) is 13.1. The number of aliphatic hydroxyl groups is 1. The van der Waals surface area contributed by atoms with Crippen LogP contribution in [0, 0.1) is 5.92 Å². The zero-order valence-electron chi connectivity index (χ0n) is 16.7. The van der Waals surface area contributed by atoms with Crippen LogP contribution in [-0.4, -0.2) is 76.7 Å². The number of nitrogens with one attached hydrogen (secondary N) is 3. The van der Waals surface area contributed by atoms with Crippen molar-refractivity contribution in [3.05, 3.63) is 0 Å². The fourth-order valence-electron chi connectivity index (χ4n) is 2.21. The number of hydrogen-bond donors (Lipinski definition) is 6. The van der Waals surface area contributed by atoms with Gasteiger partial charge in [0.2, 0.25) is 17.7 Å². The van der Waals surface area contributed by atoms with E-state index in [1.54, 1.807) is 6.92 Å². The molecule has 0 aromatic rings. The predicted octanol–water partition coefficient (Wildman–Crippen LogP) is -1.34. The third-order valence-electron chi connectivity index (χ3n) is 4.25. The zero-order valence-corrected chi connectivity index (χ0v) is 17.5. The summed E-state index contributed by atoms with van der Waals surface area (Å²) >= 11 is 1.43. The van der Waals surface area contributed by atoms with Gasteiger partial charge in [-0.05, 0) is 31.3 Å². The van der Waals surface area contributed by atoms with E-state index in [0.29, 0.717) is 12.2 Å². The number of aliphatic hydroxyl groups excluding tert-OH is 1. The number of nitrogens with two attached hydrogens (primary N) is 1. The van der Waals surface area contributed by atoms with Crippen molar-refractivity contribution in [3.8, 4) is 0 Å². The summed E-state index contributed by atoms with van der Waals surface area (Å²) in [6.45, 7) is 4.34. The van der Waals surface area contributed by atoms with Crippen LogP contribution in [0.3, 0.4) is 0 Å². The smallest absolute Gasteiger partial charge is 0.326 e. The van der Waals surface area contributed by atoms with Gasteiger partial charge in [0, 0.05) is 0 Å². The van der Waals surface area contributed by atoms with Gasteiger partial charge < -0.3 is 31.9 Å². The molecule has 0 spiro atoms. The summed E-state index contributed by atoms with van der Waals surface area (Å²) in [6.07, 6.45) is 2.58. The number of aliphatic carboxylic acids is 1. The van der Waals surface area contributed by atoms with E-state index in [0.717, 1.165) is 0 Å². The maximum absolute atomic E-state index is 12.6. The van der Waals surface area contributed by atoms with Gasteiger partial charge in [-0.2, -0.15) is 11.8 Å². The average molecular weight is 421 g/mol. The second-order valence-corrected chi connectivity index (χ2v) is 7.57. The highest BCUT2D eigenvalue weighted by Crippen LogP contribution is 2.09. The Morgan fingerprint density at radius 1 is 1.00 bits per heavy atom. The molecule has 0 fully saturated rings. The molecule has 0 bridgehead atoms. The molecule has 0 aromatic carbocycles. The Bertz CT molecular complexity index is 546. The van der Waals surface area contributed by atoms with Crippen LogP contribution in [0.25, 0.3) is 0 Å². The summed E-state index contributed by atoms with van der Waals surface area (Å²) in [5, 5.41) is 25.9. The average Bonchev–Trinajstić information content (AvgIpc) is 2.65. The standard InChI is InChI=1S/C17H32N4O6S/c1-5-9(2)13(21-14(23)10(3)18)16(25)20-12(8-22)15(24)19-11(17(26)27)6-7-28-4/h9-13,22H,5-8,18H2,1-4H3,(H,19,24)(H,20,25)(H,21,23)(H,26,27). The number of carbonyl (C=O) groups is 4. The van der Waals surface area contributed by atoms with E-state index < -0.39 is 54.5 Å². The molecule has 0 aliphatic carbocycles. The number of amides is 3. The van der Waals surface area contributed by atoms with E-state index in [1.807, 2.05) is 13.2 Å². The minimum absolute atomic E-state index is 0.203. The van der Waals surface area contributed by atoms with Gasteiger partial charge in [0.05, 0.1) is 12.6 Å². The normalized spacial score (nSPS) is 16.2. The lowest BCUT2D eigenvalue weighted by atomic mass is 9.97. The van der Waals surface area contributed by atoms with Crippen molar-refractivity contribution in [2.24, 2.45) is 11.7 Å². The monoisotopic (exact) mass is 420 g/mol. The quantitative estimate of drug-likeness (QED) is 0.213. The fourth-order valence-corrected chi connectivity index (χ4v) is 2.68. The van der Waals surface area contributed by atoms with Gasteiger partial charge in [0.25, 0.3) is 0 Å². The molecule has 0 rings (SSSR count). The Balaban J connectivity index is 5.15. The molecule has 0 heterocycles. The van der Waals surface area contributed by atoms with Gasteiger partial charge in [0.1, 0.15) is 18.1 Å². The van der Waals surface area contributed by atoms with Crippen LogP contribution in [0.1, 0.15) is 33.6 Å². The minimum Gasteiger partial charge on any atom is -0.480 e. The lowest BCUT2D eigenvalue weighted by Crippen LogP contribution is -2.59. The van der Waals surface area contributed by atoms with E-state index in [2.05, 4.69) is 16.0 Å². The molecule has 0 radical (unpaired) electrons. The second kappa shape index (κ2) is 13.3. The van der Waals surface area contributed by atoms with Crippen LogP contribution in [0.4, 0.5) is 0 Å². The maximum Gasteiger partial charge on any atom is 0.326 e. The Kier molecular flexibility index (Phi) is 12.5. The van der Waals surface area contributed by atoms with E-state index in [1.165, 1.54) is 18.7 Å². The van der Waals surface area contributed by atoms with Crippen LogP contribution in [0.5, 0.6) is 0 Å². The van der Waals surface area contributed by atoms with Gasteiger partial charge in [-0.25, -0.2) is 4.79 Å². The number of thioether (sulfide) groups is 1. The Hall–Kier alpha value is -1.85. The van der Waals surface area contributed by atoms with Gasteiger partial charge in [-0.15, -0.1) is 0 Å². The van der Waals surface area contributed by atoms with Crippen LogP contribution < -0.4 is 21.7 Å². The number of hydrogen-bond acceptors (Lipinski definition) is 7. The highest BCUT2D eigenvalue weighted by atomic mass is 32.2. The summed E-state index contributed by atoms with van der Waals surface area (Å²) in [5.41, 5.74) is 5.52. The van der Waals surface area contributed by atoms with E-state index in [4.69, 9.17) is 5.73 Å². The number of carboxylic acid groups (broad SMARTS) is 1. The summed E-state index contributed by atoms with van der Waals surface area (Å²) in [4.78, 5) is 48.0. The molecule has 11 heteroatoms. The predicted molar refractivity (Wildman–Crippen MR) is 107 cm³/mol. The molecule has 0 saturated carbocycles. The van der Waals surface area contributed by atoms with E-state index >= 15 is 0 Å². The van der Waals surface area contributed by atoms with Crippen molar-refractivity contribution >= 4 is 35.5 Å². The second-order valence-electron chi connectivity index (χ2n) is 6.59. The van der Waals surface area contributed by atoms with Crippen molar-refractivity contribution in [2.45, 2.75) is 57.8 Å². The number of carboxylic acids is 1. The lowest BCUT2D eigenvalue weighted by Gasteiger charge is -2.27. The van der Waals surface area contributed by atoms with Crippen molar-refractivity contribution in [2.75, 3.05) is 18.6 Å². The minimum atomic E-state index is -1.35. The highest BCUT2D eigenvalue weighted by molar-refractivity contribution is 7.98. The molecule has 28 heavy (non-hydrogen) atoms. The molecular weight excluding hydrogens is 388 g/mol. The molecule has 0 aliphatic heterocycles. The zero-order chi connectivity index (χ0) is 21.9. The molecule has 162 valence electrons. The lowest BCUT2D eigenvalue weighted by molar-refractivity contribution is -0.142.